The fourth-order valence-corrected chi connectivity index (χ4v) is 2.16. The number of hydrogen-bond acceptors (Lipinski definition) is 3. The van der Waals surface area contributed by atoms with Crippen LogP contribution < -0.4 is 4.74 Å². The van der Waals surface area contributed by atoms with Crippen molar-refractivity contribution < 1.29 is 4.74 Å². The van der Waals surface area contributed by atoms with Gasteiger partial charge in [0.05, 0.1) is 22.8 Å². The van der Waals surface area contributed by atoms with E-state index in [4.69, 9.17) is 10.00 Å². The molecule has 0 atom stereocenters. The first kappa shape index (κ1) is 13.3. The van der Waals surface area contributed by atoms with Gasteiger partial charge in [0, 0.05) is 6.20 Å². The third-order valence-corrected chi connectivity index (χ3v) is 3.19. The zero-order chi connectivity index (χ0) is 13.7. The number of nitriles is 1. The van der Waals surface area contributed by atoms with Crippen LogP contribution in [0.15, 0.2) is 41.0 Å². The van der Waals surface area contributed by atoms with Crippen LogP contribution in [0.1, 0.15) is 16.8 Å². The van der Waals surface area contributed by atoms with Gasteiger partial charge in [-0.2, -0.15) is 5.26 Å². The van der Waals surface area contributed by atoms with Crippen molar-refractivity contribution in [2.75, 3.05) is 7.11 Å². The maximum absolute atomic E-state index is 8.98. The number of benzene rings is 1. The molecular weight excluding hydrogens is 304 g/mol. The van der Waals surface area contributed by atoms with E-state index in [0.717, 1.165) is 15.8 Å². The molecule has 0 fully saturated rings. The molecule has 0 saturated heterocycles. The number of methoxy groups -OCH3 is 1. The van der Waals surface area contributed by atoms with Crippen LogP contribution in [0, 0.1) is 11.3 Å². The van der Waals surface area contributed by atoms with Crippen LogP contribution in [-0.4, -0.2) is 12.1 Å². The van der Waals surface area contributed by atoms with E-state index in [2.05, 4.69) is 27.0 Å². The summed E-state index contributed by atoms with van der Waals surface area (Å²) in [6.07, 6.45) is 5.41. The summed E-state index contributed by atoms with van der Waals surface area (Å²) in [6.45, 7) is 0. The Bertz CT molecular complexity index is 659. The number of ether oxygens (including phenoxy) is 1. The zero-order valence-electron chi connectivity index (χ0n) is 10.3. The van der Waals surface area contributed by atoms with Gasteiger partial charge in [-0.1, -0.05) is 12.1 Å². The van der Waals surface area contributed by atoms with Gasteiger partial charge in [0.2, 0.25) is 0 Å². The van der Waals surface area contributed by atoms with E-state index in [0.29, 0.717) is 11.3 Å². The molecule has 1 aromatic heterocycles. The second-order valence-electron chi connectivity index (χ2n) is 3.78. The summed E-state index contributed by atoms with van der Waals surface area (Å²) in [5.74, 6) is 0.785. The van der Waals surface area contributed by atoms with Gasteiger partial charge in [-0.05, 0) is 51.8 Å². The molecule has 0 saturated carbocycles. The molecule has 1 aromatic carbocycles. The largest absolute Gasteiger partial charge is 0.496 e. The normalized spacial score (nSPS) is 10.4. The monoisotopic (exact) mass is 314 g/mol. The van der Waals surface area contributed by atoms with Gasteiger partial charge in [-0.15, -0.1) is 0 Å². The number of nitrogens with zero attached hydrogens (tertiary/aromatic N) is 2. The lowest BCUT2D eigenvalue weighted by Crippen LogP contribution is -1.86. The van der Waals surface area contributed by atoms with E-state index in [9.17, 15) is 0 Å². The maximum Gasteiger partial charge on any atom is 0.133 e. The van der Waals surface area contributed by atoms with E-state index >= 15 is 0 Å². The van der Waals surface area contributed by atoms with E-state index < -0.39 is 0 Å². The lowest BCUT2D eigenvalue weighted by atomic mass is 10.1. The summed E-state index contributed by atoms with van der Waals surface area (Å²) in [6, 6.07) is 11.4. The molecule has 19 heavy (non-hydrogen) atoms. The molecule has 0 aliphatic carbocycles. The Kier molecular flexibility index (Phi) is 4.32. The number of pyridine rings is 1. The lowest BCUT2D eigenvalue weighted by molar-refractivity contribution is 0.412. The predicted molar refractivity (Wildman–Crippen MR) is 78.6 cm³/mol. The van der Waals surface area contributed by atoms with Crippen LogP contribution in [0.25, 0.3) is 12.2 Å². The van der Waals surface area contributed by atoms with Crippen LogP contribution in [0.3, 0.4) is 0 Å². The molecule has 0 N–H and O–H groups in total. The Balaban J connectivity index is 2.28. The van der Waals surface area contributed by atoms with E-state index in [-0.39, 0.29) is 0 Å². The molecule has 0 unspecified atom stereocenters. The smallest absolute Gasteiger partial charge is 0.133 e. The van der Waals surface area contributed by atoms with Gasteiger partial charge < -0.3 is 4.74 Å². The van der Waals surface area contributed by atoms with Crippen molar-refractivity contribution in [3.05, 3.63) is 57.8 Å². The van der Waals surface area contributed by atoms with Crippen molar-refractivity contribution in [2.24, 2.45) is 0 Å². The molecule has 1 heterocycles. The average Bonchev–Trinajstić information content (AvgIpc) is 2.45. The first-order chi connectivity index (χ1) is 9.24. The summed E-state index contributed by atoms with van der Waals surface area (Å²) in [5, 5.41) is 8.98. The summed E-state index contributed by atoms with van der Waals surface area (Å²) in [5.41, 5.74) is 2.23. The van der Waals surface area contributed by atoms with Crippen LogP contribution >= 0.6 is 15.9 Å². The Hall–Kier alpha value is -2.12. The summed E-state index contributed by atoms with van der Waals surface area (Å²) in [4.78, 5) is 4.18. The third kappa shape index (κ3) is 3.21. The fraction of sp³-hybridized carbons (Fsp3) is 0.0667. The second kappa shape index (κ2) is 6.17. The van der Waals surface area contributed by atoms with E-state index in [1.807, 2.05) is 30.4 Å². The van der Waals surface area contributed by atoms with Crippen molar-refractivity contribution in [2.45, 2.75) is 0 Å². The van der Waals surface area contributed by atoms with E-state index in [1.165, 1.54) is 0 Å². The highest BCUT2D eigenvalue weighted by Gasteiger charge is 2.00. The minimum Gasteiger partial charge on any atom is -0.496 e. The second-order valence-corrected chi connectivity index (χ2v) is 4.63. The Morgan fingerprint density at radius 2 is 2.16 bits per heavy atom. The number of halogens is 1. The molecule has 4 heteroatoms. The van der Waals surface area contributed by atoms with Gasteiger partial charge in [0.15, 0.2) is 0 Å². The molecule has 0 amide bonds. The van der Waals surface area contributed by atoms with Crippen molar-refractivity contribution in [3.63, 3.8) is 0 Å². The SMILES string of the molecule is COc1ccc(/C=C/c2ncccc2C#N)cc1Br. The Morgan fingerprint density at radius 3 is 2.84 bits per heavy atom. The van der Waals surface area contributed by atoms with Gasteiger partial charge in [0.25, 0.3) is 0 Å². The minimum absolute atomic E-state index is 0.561. The van der Waals surface area contributed by atoms with Crippen molar-refractivity contribution >= 4 is 28.1 Å². The first-order valence-electron chi connectivity index (χ1n) is 5.61. The lowest BCUT2D eigenvalue weighted by Gasteiger charge is -2.03. The van der Waals surface area contributed by atoms with Crippen LogP contribution in [0.2, 0.25) is 0 Å². The molecule has 0 radical (unpaired) electrons. The fourth-order valence-electron chi connectivity index (χ4n) is 1.61. The zero-order valence-corrected chi connectivity index (χ0v) is 11.9. The van der Waals surface area contributed by atoms with E-state index in [1.54, 1.807) is 25.4 Å². The Labute approximate surface area is 120 Å². The third-order valence-electron chi connectivity index (χ3n) is 2.57. The minimum atomic E-state index is 0.561. The molecule has 3 nitrogen and oxygen atoms in total. The number of aromatic nitrogens is 1. The molecule has 0 bridgehead atoms. The van der Waals surface area contributed by atoms with Gasteiger partial charge >= 0.3 is 0 Å². The topological polar surface area (TPSA) is 45.9 Å². The summed E-state index contributed by atoms with van der Waals surface area (Å²) >= 11 is 3.43. The quantitative estimate of drug-likeness (QED) is 0.863. The average molecular weight is 315 g/mol. The van der Waals surface area contributed by atoms with Crippen molar-refractivity contribution in [1.29, 1.82) is 5.26 Å². The van der Waals surface area contributed by atoms with Gasteiger partial charge in [-0.3, -0.25) is 4.98 Å². The maximum atomic E-state index is 8.98. The summed E-state index contributed by atoms with van der Waals surface area (Å²) < 4.78 is 6.06. The predicted octanol–water partition coefficient (Wildman–Crippen LogP) is 3.89. The number of rotatable bonds is 3. The molecular formula is C15H11BrN2O. The standard InChI is InChI=1S/C15H11BrN2O/c1-19-15-7-5-11(9-13(15)16)4-6-14-12(10-17)3-2-8-18-14/h2-9H,1H3/b6-4+. The van der Waals surface area contributed by atoms with Crippen molar-refractivity contribution in [1.82, 2.24) is 4.98 Å². The molecule has 94 valence electrons. The molecule has 0 spiro atoms. The summed E-state index contributed by atoms with van der Waals surface area (Å²) in [7, 11) is 1.63. The number of hydrogen-bond donors (Lipinski definition) is 0. The molecule has 2 aromatic rings. The van der Waals surface area contributed by atoms with Crippen LogP contribution in [0.4, 0.5) is 0 Å². The molecule has 0 aliphatic heterocycles. The highest BCUT2D eigenvalue weighted by molar-refractivity contribution is 9.10. The first-order valence-corrected chi connectivity index (χ1v) is 6.40. The van der Waals surface area contributed by atoms with Gasteiger partial charge in [0.1, 0.15) is 11.8 Å². The van der Waals surface area contributed by atoms with Gasteiger partial charge in [-0.25, -0.2) is 0 Å². The van der Waals surface area contributed by atoms with Crippen LogP contribution in [0.5, 0.6) is 5.75 Å². The Morgan fingerprint density at radius 1 is 1.32 bits per heavy atom. The van der Waals surface area contributed by atoms with Crippen LogP contribution in [-0.2, 0) is 0 Å². The van der Waals surface area contributed by atoms with Crippen molar-refractivity contribution in [3.8, 4) is 11.8 Å². The molecule has 2 rings (SSSR count). The highest BCUT2D eigenvalue weighted by atomic mass is 79.9. The highest BCUT2D eigenvalue weighted by Crippen LogP contribution is 2.26. The molecule has 0 aliphatic rings.